The number of nitrogens with one attached hydrogen (secondary N) is 1. The Labute approximate surface area is 180 Å². The van der Waals surface area contributed by atoms with Crippen molar-refractivity contribution < 1.29 is 4.79 Å². The van der Waals surface area contributed by atoms with Gasteiger partial charge in [0, 0.05) is 16.9 Å². The molecular weight excluding hydrogens is 392 g/mol. The van der Waals surface area contributed by atoms with Crippen LogP contribution in [0, 0.1) is 6.92 Å². The maximum atomic E-state index is 12.7. The van der Waals surface area contributed by atoms with Crippen molar-refractivity contribution in [1.29, 1.82) is 0 Å². The van der Waals surface area contributed by atoms with Crippen LogP contribution in [0.2, 0.25) is 0 Å². The number of hydrogen-bond donors (Lipinski definition) is 1. The largest absolute Gasteiger partial charge is 0.325 e. The highest BCUT2D eigenvalue weighted by atomic mass is 32.2. The Morgan fingerprint density at radius 3 is 2.20 bits per heavy atom. The van der Waals surface area contributed by atoms with Crippen molar-refractivity contribution in [2.24, 2.45) is 0 Å². The van der Waals surface area contributed by atoms with E-state index in [1.807, 2.05) is 84.3 Å². The molecule has 1 aromatic heterocycles. The molecule has 1 atom stereocenters. The number of benzene rings is 3. The number of amides is 1. The number of para-hydroxylation sites is 1. The predicted molar refractivity (Wildman–Crippen MR) is 122 cm³/mol. The van der Waals surface area contributed by atoms with E-state index in [-0.39, 0.29) is 11.2 Å². The lowest BCUT2D eigenvalue weighted by atomic mass is 10.2. The Balaban J connectivity index is 1.65. The van der Waals surface area contributed by atoms with Gasteiger partial charge < -0.3 is 5.32 Å². The number of hydrogen-bond acceptors (Lipinski definition) is 4. The van der Waals surface area contributed by atoms with E-state index in [4.69, 9.17) is 0 Å². The molecule has 5 nitrogen and oxygen atoms in total. The highest BCUT2D eigenvalue weighted by Gasteiger charge is 2.22. The molecule has 4 aromatic rings. The zero-order valence-corrected chi connectivity index (χ0v) is 17.6. The predicted octanol–water partition coefficient (Wildman–Crippen LogP) is 5.36. The molecule has 0 aliphatic carbocycles. The summed E-state index contributed by atoms with van der Waals surface area (Å²) in [5.41, 5.74) is 3.89. The molecule has 3 aromatic carbocycles. The van der Waals surface area contributed by atoms with Gasteiger partial charge in [0.25, 0.3) is 0 Å². The van der Waals surface area contributed by atoms with Crippen molar-refractivity contribution in [2.75, 3.05) is 5.32 Å². The SMILES string of the molecule is Cc1ccc(-n2c(SC(C)C(=O)Nc3ccccc3)nnc2-c2ccccc2)cc1. The maximum absolute atomic E-state index is 12.7. The molecule has 0 aliphatic rings. The minimum atomic E-state index is -0.345. The van der Waals surface area contributed by atoms with Crippen molar-refractivity contribution in [3.05, 3.63) is 90.5 Å². The van der Waals surface area contributed by atoms with E-state index in [0.29, 0.717) is 5.16 Å². The lowest BCUT2D eigenvalue weighted by molar-refractivity contribution is -0.115. The van der Waals surface area contributed by atoms with Crippen LogP contribution in [0.4, 0.5) is 5.69 Å². The molecule has 6 heteroatoms. The van der Waals surface area contributed by atoms with Crippen LogP contribution >= 0.6 is 11.8 Å². The summed E-state index contributed by atoms with van der Waals surface area (Å²) in [5, 5.41) is 12.1. The molecular formula is C24H22N4OS. The molecule has 1 amide bonds. The number of nitrogens with zero attached hydrogens (tertiary/aromatic N) is 3. The Morgan fingerprint density at radius 1 is 0.900 bits per heavy atom. The number of thioether (sulfide) groups is 1. The van der Waals surface area contributed by atoms with Crippen LogP contribution in [0.25, 0.3) is 17.1 Å². The van der Waals surface area contributed by atoms with E-state index in [2.05, 4.69) is 34.6 Å². The highest BCUT2D eigenvalue weighted by Crippen LogP contribution is 2.30. The molecule has 0 saturated heterocycles. The van der Waals surface area contributed by atoms with Gasteiger partial charge in [-0.05, 0) is 38.1 Å². The molecule has 0 fully saturated rings. The van der Waals surface area contributed by atoms with Gasteiger partial charge in [-0.15, -0.1) is 10.2 Å². The van der Waals surface area contributed by atoms with E-state index >= 15 is 0 Å². The third-order valence-corrected chi connectivity index (χ3v) is 5.69. The summed E-state index contributed by atoms with van der Waals surface area (Å²) in [7, 11) is 0. The number of carbonyl (C=O) groups is 1. The Kier molecular flexibility index (Phi) is 5.95. The van der Waals surface area contributed by atoms with Crippen LogP contribution in [0.5, 0.6) is 0 Å². The van der Waals surface area contributed by atoms with Gasteiger partial charge in [0.1, 0.15) is 0 Å². The fourth-order valence-electron chi connectivity index (χ4n) is 3.02. The van der Waals surface area contributed by atoms with E-state index in [1.54, 1.807) is 0 Å². The zero-order chi connectivity index (χ0) is 20.9. The molecule has 0 aliphatic heterocycles. The third kappa shape index (κ3) is 4.44. The molecule has 0 spiro atoms. The van der Waals surface area contributed by atoms with E-state index in [1.165, 1.54) is 17.3 Å². The van der Waals surface area contributed by atoms with Gasteiger partial charge in [-0.3, -0.25) is 9.36 Å². The van der Waals surface area contributed by atoms with E-state index in [0.717, 1.165) is 22.8 Å². The summed E-state index contributed by atoms with van der Waals surface area (Å²) in [6, 6.07) is 27.6. The number of aromatic nitrogens is 3. The smallest absolute Gasteiger partial charge is 0.237 e. The first-order valence-corrected chi connectivity index (χ1v) is 10.6. The molecule has 1 heterocycles. The van der Waals surface area contributed by atoms with Gasteiger partial charge in [-0.1, -0.05) is 78.0 Å². The van der Waals surface area contributed by atoms with Crippen molar-refractivity contribution >= 4 is 23.4 Å². The molecule has 0 bridgehead atoms. The third-order valence-electron chi connectivity index (χ3n) is 4.65. The second-order valence-corrected chi connectivity index (χ2v) is 8.27. The van der Waals surface area contributed by atoms with Crippen LogP contribution in [0.1, 0.15) is 12.5 Å². The van der Waals surface area contributed by atoms with Crippen LogP contribution in [0.3, 0.4) is 0 Å². The number of aryl methyl sites for hydroxylation is 1. The van der Waals surface area contributed by atoms with Gasteiger partial charge in [0.15, 0.2) is 11.0 Å². The van der Waals surface area contributed by atoms with E-state index in [9.17, 15) is 4.79 Å². The fraction of sp³-hybridized carbons (Fsp3) is 0.125. The standard InChI is InChI=1S/C24H22N4OS/c1-17-13-15-21(16-14-17)28-22(19-9-5-3-6-10-19)26-27-24(28)30-18(2)23(29)25-20-11-7-4-8-12-20/h3-16,18H,1-2H3,(H,25,29). The average molecular weight is 415 g/mol. The first-order chi connectivity index (χ1) is 14.6. The Morgan fingerprint density at radius 2 is 1.53 bits per heavy atom. The van der Waals surface area contributed by atoms with Crippen LogP contribution in [-0.4, -0.2) is 25.9 Å². The summed E-state index contributed by atoms with van der Waals surface area (Å²) < 4.78 is 2.01. The van der Waals surface area contributed by atoms with Crippen molar-refractivity contribution in [3.8, 4) is 17.1 Å². The normalized spacial score (nSPS) is 11.8. The molecule has 150 valence electrons. The monoisotopic (exact) mass is 414 g/mol. The Hall–Kier alpha value is -3.38. The second-order valence-electron chi connectivity index (χ2n) is 6.96. The maximum Gasteiger partial charge on any atom is 0.237 e. The molecule has 0 saturated carbocycles. The number of carbonyl (C=O) groups excluding carboxylic acids is 1. The Bertz CT molecular complexity index is 1130. The average Bonchev–Trinajstić information content (AvgIpc) is 3.19. The van der Waals surface area contributed by atoms with Crippen LogP contribution in [-0.2, 0) is 4.79 Å². The van der Waals surface area contributed by atoms with Gasteiger partial charge in [-0.2, -0.15) is 0 Å². The zero-order valence-electron chi connectivity index (χ0n) is 16.8. The summed E-state index contributed by atoms with van der Waals surface area (Å²) in [6.45, 7) is 3.93. The summed E-state index contributed by atoms with van der Waals surface area (Å²) >= 11 is 1.39. The van der Waals surface area contributed by atoms with Crippen molar-refractivity contribution in [1.82, 2.24) is 14.8 Å². The lowest BCUT2D eigenvalue weighted by Crippen LogP contribution is -2.22. The summed E-state index contributed by atoms with van der Waals surface area (Å²) in [6.07, 6.45) is 0. The first kappa shape index (κ1) is 19.9. The van der Waals surface area contributed by atoms with Gasteiger partial charge in [0.05, 0.1) is 5.25 Å². The fourth-order valence-corrected chi connectivity index (χ4v) is 3.89. The molecule has 4 rings (SSSR count). The van der Waals surface area contributed by atoms with Gasteiger partial charge >= 0.3 is 0 Å². The highest BCUT2D eigenvalue weighted by molar-refractivity contribution is 8.00. The lowest BCUT2D eigenvalue weighted by Gasteiger charge is -2.14. The minimum Gasteiger partial charge on any atom is -0.325 e. The molecule has 1 N–H and O–H groups in total. The summed E-state index contributed by atoms with van der Waals surface area (Å²) in [4.78, 5) is 12.7. The van der Waals surface area contributed by atoms with Gasteiger partial charge in [0.2, 0.25) is 5.91 Å². The first-order valence-electron chi connectivity index (χ1n) is 9.72. The minimum absolute atomic E-state index is 0.0779. The quantitative estimate of drug-likeness (QED) is 0.431. The second kappa shape index (κ2) is 8.97. The van der Waals surface area contributed by atoms with Gasteiger partial charge in [-0.25, -0.2) is 0 Å². The van der Waals surface area contributed by atoms with Crippen molar-refractivity contribution in [2.45, 2.75) is 24.3 Å². The van der Waals surface area contributed by atoms with Crippen LogP contribution in [0.15, 0.2) is 90.1 Å². The van der Waals surface area contributed by atoms with Crippen LogP contribution < -0.4 is 5.32 Å². The number of rotatable bonds is 6. The summed E-state index contributed by atoms with van der Waals surface area (Å²) in [5.74, 6) is 0.670. The topological polar surface area (TPSA) is 59.8 Å². The molecule has 0 radical (unpaired) electrons. The number of anilines is 1. The molecule has 30 heavy (non-hydrogen) atoms. The van der Waals surface area contributed by atoms with E-state index < -0.39 is 0 Å². The molecule has 1 unspecified atom stereocenters. The van der Waals surface area contributed by atoms with Crippen molar-refractivity contribution in [3.63, 3.8) is 0 Å².